The fourth-order valence-electron chi connectivity index (χ4n) is 2.73. The Morgan fingerprint density at radius 2 is 1.85 bits per heavy atom. The van der Waals surface area contributed by atoms with Gasteiger partial charge in [0, 0.05) is 26.3 Å². The second-order valence-corrected chi connectivity index (χ2v) is 6.12. The molecule has 136 valence electrons. The average Bonchev–Trinajstić information content (AvgIpc) is 2.66. The normalized spacial score (nSPS) is 11.1. The van der Waals surface area contributed by atoms with E-state index in [1.54, 1.807) is 13.2 Å². The van der Waals surface area contributed by atoms with Crippen molar-refractivity contribution in [3.05, 3.63) is 77.1 Å². The van der Waals surface area contributed by atoms with Gasteiger partial charge >= 0.3 is 0 Å². The van der Waals surface area contributed by atoms with Crippen LogP contribution in [-0.4, -0.2) is 24.5 Å². The van der Waals surface area contributed by atoms with E-state index >= 15 is 0 Å². The molecular weight excluding hydrogens is 459 g/mol. The molecule has 2 N–H and O–H groups in total. The van der Waals surface area contributed by atoms with Gasteiger partial charge in [-0.3, -0.25) is 4.99 Å². The molecule has 0 saturated heterocycles. The Bertz CT molecular complexity index is 860. The smallest absolute Gasteiger partial charge is 0.191 e. The zero-order chi connectivity index (χ0) is 17.5. The topological polar surface area (TPSA) is 49.3 Å². The average molecular weight is 481 g/mol. The third-order valence-corrected chi connectivity index (χ3v) is 4.27. The van der Waals surface area contributed by atoms with E-state index in [-0.39, 0.29) is 24.0 Å². The quantitative estimate of drug-likeness (QED) is 0.246. The minimum Gasteiger partial charge on any atom is -0.356 e. The van der Waals surface area contributed by atoms with Gasteiger partial charge in [0.15, 0.2) is 5.96 Å². The number of nitrogens with zero attached hydrogens (tertiary/aromatic N) is 2. The second-order valence-electron chi connectivity index (χ2n) is 5.73. The van der Waals surface area contributed by atoms with Gasteiger partial charge < -0.3 is 10.6 Å². The molecule has 0 aliphatic carbocycles. The number of rotatable bonds is 5. The van der Waals surface area contributed by atoms with Crippen molar-refractivity contribution in [2.45, 2.75) is 13.0 Å². The van der Waals surface area contributed by atoms with Crippen molar-refractivity contribution in [2.24, 2.45) is 4.99 Å². The highest BCUT2D eigenvalue weighted by Crippen LogP contribution is 2.18. The number of hydrogen-bond acceptors (Lipinski definition) is 2. The zero-order valence-corrected chi connectivity index (χ0v) is 17.7. The lowest BCUT2D eigenvalue weighted by Crippen LogP contribution is -2.37. The van der Waals surface area contributed by atoms with Crippen LogP contribution < -0.4 is 10.6 Å². The standard InChI is InChI=1S/C20H21ClN4.HI/c1-22-20(23-12-11-15-9-10-19(21)24-13-15)25-14-17-7-4-6-16-5-2-3-8-18(16)17;/h2-10,13H,11-12,14H2,1H3,(H2,22,23,25);1H. The molecule has 4 nitrogen and oxygen atoms in total. The fourth-order valence-corrected chi connectivity index (χ4v) is 2.84. The summed E-state index contributed by atoms with van der Waals surface area (Å²) in [5.74, 6) is 0.787. The van der Waals surface area contributed by atoms with Crippen LogP contribution in [0.1, 0.15) is 11.1 Å². The molecule has 0 aliphatic heterocycles. The van der Waals surface area contributed by atoms with E-state index in [2.05, 4.69) is 63.1 Å². The number of pyridine rings is 1. The van der Waals surface area contributed by atoms with Crippen molar-refractivity contribution >= 4 is 52.3 Å². The van der Waals surface area contributed by atoms with E-state index < -0.39 is 0 Å². The van der Waals surface area contributed by atoms with Crippen molar-refractivity contribution in [3.63, 3.8) is 0 Å². The maximum atomic E-state index is 5.80. The summed E-state index contributed by atoms with van der Waals surface area (Å²) >= 11 is 5.80. The van der Waals surface area contributed by atoms with Crippen LogP contribution >= 0.6 is 35.6 Å². The highest BCUT2D eigenvalue weighted by Gasteiger charge is 2.02. The predicted molar refractivity (Wildman–Crippen MR) is 121 cm³/mol. The molecule has 0 saturated carbocycles. The van der Waals surface area contributed by atoms with Gasteiger partial charge in [0.25, 0.3) is 0 Å². The van der Waals surface area contributed by atoms with Crippen molar-refractivity contribution in [1.29, 1.82) is 0 Å². The number of hydrogen-bond donors (Lipinski definition) is 2. The largest absolute Gasteiger partial charge is 0.356 e. The molecular formula is C20H22ClIN4. The maximum absolute atomic E-state index is 5.80. The van der Waals surface area contributed by atoms with E-state index in [4.69, 9.17) is 11.6 Å². The van der Waals surface area contributed by atoms with Crippen LogP contribution in [0.4, 0.5) is 0 Å². The molecule has 0 unspecified atom stereocenters. The SMILES string of the molecule is CN=C(NCCc1ccc(Cl)nc1)NCc1cccc2ccccc12.I. The Morgan fingerprint density at radius 1 is 1.04 bits per heavy atom. The van der Waals surface area contributed by atoms with Gasteiger partial charge in [-0.2, -0.15) is 0 Å². The van der Waals surface area contributed by atoms with Gasteiger partial charge in [0.2, 0.25) is 0 Å². The first-order valence-corrected chi connectivity index (χ1v) is 8.65. The molecule has 0 fully saturated rings. The Balaban J connectivity index is 0.00000243. The first-order chi connectivity index (χ1) is 12.3. The lowest BCUT2D eigenvalue weighted by Gasteiger charge is -2.13. The van der Waals surface area contributed by atoms with Gasteiger partial charge in [-0.05, 0) is 34.4 Å². The summed E-state index contributed by atoms with van der Waals surface area (Å²) in [6.07, 6.45) is 2.66. The van der Waals surface area contributed by atoms with E-state index in [0.29, 0.717) is 5.15 Å². The number of benzene rings is 2. The fraction of sp³-hybridized carbons (Fsp3) is 0.200. The number of fused-ring (bicyclic) bond motifs is 1. The van der Waals surface area contributed by atoms with Crippen molar-refractivity contribution in [3.8, 4) is 0 Å². The van der Waals surface area contributed by atoms with Crippen molar-refractivity contribution < 1.29 is 0 Å². The first kappa shape index (κ1) is 20.5. The molecule has 0 spiro atoms. The Morgan fingerprint density at radius 3 is 2.62 bits per heavy atom. The molecule has 1 aromatic heterocycles. The molecule has 0 bridgehead atoms. The van der Waals surface area contributed by atoms with Gasteiger partial charge in [-0.1, -0.05) is 60.1 Å². The summed E-state index contributed by atoms with van der Waals surface area (Å²) in [7, 11) is 1.78. The molecule has 3 aromatic rings. The van der Waals surface area contributed by atoms with Gasteiger partial charge in [-0.25, -0.2) is 4.98 Å². The summed E-state index contributed by atoms with van der Waals surface area (Å²) in [6.45, 7) is 1.50. The lowest BCUT2D eigenvalue weighted by molar-refractivity contribution is 0.795. The molecule has 26 heavy (non-hydrogen) atoms. The summed E-state index contributed by atoms with van der Waals surface area (Å²) < 4.78 is 0. The first-order valence-electron chi connectivity index (χ1n) is 8.28. The van der Waals surface area contributed by atoms with Crippen LogP contribution in [0.5, 0.6) is 0 Å². The molecule has 0 atom stereocenters. The highest BCUT2D eigenvalue weighted by atomic mass is 127. The molecule has 0 radical (unpaired) electrons. The van der Waals surface area contributed by atoms with E-state index in [1.807, 2.05) is 12.1 Å². The third-order valence-electron chi connectivity index (χ3n) is 4.04. The van der Waals surface area contributed by atoms with Crippen molar-refractivity contribution in [2.75, 3.05) is 13.6 Å². The maximum Gasteiger partial charge on any atom is 0.191 e. The number of aliphatic imine (C=N–C) groups is 1. The van der Waals surface area contributed by atoms with E-state index in [9.17, 15) is 0 Å². The summed E-state index contributed by atoms with van der Waals surface area (Å²) in [5, 5.41) is 9.74. The van der Waals surface area contributed by atoms with Gasteiger partial charge in [0.05, 0.1) is 0 Å². The summed E-state index contributed by atoms with van der Waals surface area (Å²) in [6, 6.07) is 18.6. The predicted octanol–water partition coefficient (Wildman–Crippen LogP) is 4.41. The monoisotopic (exact) mass is 480 g/mol. The van der Waals surface area contributed by atoms with E-state index in [1.165, 1.54) is 16.3 Å². The number of aromatic nitrogens is 1. The summed E-state index contributed by atoms with van der Waals surface area (Å²) in [4.78, 5) is 8.38. The summed E-state index contributed by atoms with van der Waals surface area (Å²) in [5.41, 5.74) is 2.39. The number of halogens is 2. The molecule has 6 heteroatoms. The Kier molecular flexibility index (Phi) is 8.12. The van der Waals surface area contributed by atoms with Crippen LogP contribution in [-0.2, 0) is 13.0 Å². The molecule has 3 rings (SSSR count). The van der Waals surface area contributed by atoms with Crippen LogP contribution in [0.15, 0.2) is 65.8 Å². The van der Waals surface area contributed by atoms with Crippen LogP contribution in [0.25, 0.3) is 10.8 Å². The van der Waals surface area contributed by atoms with Crippen molar-refractivity contribution in [1.82, 2.24) is 15.6 Å². The third kappa shape index (κ3) is 5.57. The number of guanidine groups is 1. The van der Waals surface area contributed by atoms with E-state index in [0.717, 1.165) is 31.0 Å². The Hall–Kier alpha value is -1.86. The molecule has 0 amide bonds. The minimum atomic E-state index is 0. The Labute approximate surface area is 176 Å². The minimum absolute atomic E-state index is 0. The van der Waals surface area contributed by atoms with Gasteiger partial charge in [0.1, 0.15) is 5.15 Å². The second kappa shape index (κ2) is 10.3. The lowest BCUT2D eigenvalue weighted by atomic mass is 10.0. The zero-order valence-electron chi connectivity index (χ0n) is 14.6. The number of nitrogens with one attached hydrogen (secondary N) is 2. The van der Waals surface area contributed by atoms with Crippen LogP contribution in [0, 0.1) is 0 Å². The highest BCUT2D eigenvalue weighted by molar-refractivity contribution is 14.0. The molecule has 1 heterocycles. The van der Waals surface area contributed by atoms with Gasteiger partial charge in [-0.15, -0.1) is 24.0 Å². The van der Waals surface area contributed by atoms with Crippen LogP contribution in [0.3, 0.4) is 0 Å². The molecule has 0 aliphatic rings. The van der Waals surface area contributed by atoms with Crippen LogP contribution in [0.2, 0.25) is 5.15 Å². The molecule has 2 aromatic carbocycles.